The fraction of sp³-hybridized carbons (Fsp3) is 0.294. The zero-order valence-electron chi connectivity index (χ0n) is 12.1. The minimum atomic E-state index is -0.815. The minimum absolute atomic E-state index is 0.235. The van der Waals surface area contributed by atoms with Gasteiger partial charge in [-0.15, -0.1) is 0 Å². The molecule has 0 atom stereocenters. The summed E-state index contributed by atoms with van der Waals surface area (Å²) in [6, 6.07) is 10.5. The third-order valence-corrected chi connectivity index (χ3v) is 3.95. The van der Waals surface area contributed by atoms with Crippen LogP contribution in [0.3, 0.4) is 0 Å². The van der Waals surface area contributed by atoms with E-state index in [-0.39, 0.29) is 5.82 Å². The average molecular weight is 306 g/mol. The normalized spacial score (nSPS) is 16.0. The first-order chi connectivity index (χ1) is 10.6. The van der Waals surface area contributed by atoms with Gasteiger partial charge in [-0.05, 0) is 42.0 Å². The second-order valence-electron chi connectivity index (χ2n) is 5.49. The molecule has 0 aromatic heterocycles. The number of piperazine rings is 1. The van der Waals surface area contributed by atoms with Gasteiger partial charge in [0.1, 0.15) is 5.82 Å². The van der Waals surface area contributed by atoms with Gasteiger partial charge in [-0.1, -0.05) is 6.07 Å². The molecule has 0 radical (unpaired) electrons. The molecule has 116 valence electrons. The molecule has 0 aliphatic carbocycles. The summed E-state index contributed by atoms with van der Waals surface area (Å²) in [5, 5.41) is 0. The highest BCUT2D eigenvalue weighted by atomic mass is 19.2. The Morgan fingerprint density at radius 1 is 0.773 bits per heavy atom. The van der Waals surface area contributed by atoms with E-state index < -0.39 is 11.6 Å². The topological polar surface area (TPSA) is 6.48 Å². The summed E-state index contributed by atoms with van der Waals surface area (Å²) in [5.41, 5.74) is 1.78. The van der Waals surface area contributed by atoms with E-state index in [9.17, 15) is 13.2 Å². The molecule has 2 aromatic carbocycles. The highest BCUT2D eigenvalue weighted by Crippen LogP contribution is 2.18. The van der Waals surface area contributed by atoms with Gasteiger partial charge < -0.3 is 4.90 Å². The second-order valence-corrected chi connectivity index (χ2v) is 5.49. The van der Waals surface area contributed by atoms with Gasteiger partial charge in [0, 0.05) is 38.4 Å². The number of halogens is 3. The highest BCUT2D eigenvalue weighted by Gasteiger charge is 2.17. The van der Waals surface area contributed by atoms with E-state index >= 15 is 0 Å². The lowest BCUT2D eigenvalue weighted by Crippen LogP contribution is -2.45. The summed E-state index contributed by atoms with van der Waals surface area (Å²) in [4.78, 5) is 4.40. The lowest BCUT2D eigenvalue weighted by atomic mass is 10.1. The SMILES string of the molecule is Fc1ccc(N2CCN(Cc3ccc(F)c(F)c3)CC2)cc1. The van der Waals surface area contributed by atoms with Crippen LogP contribution in [0.1, 0.15) is 5.56 Å². The Bertz CT molecular complexity index is 635. The molecule has 3 rings (SSSR count). The van der Waals surface area contributed by atoms with Crippen LogP contribution in [-0.4, -0.2) is 31.1 Å². The molecule has 1 aliphatic heterocycles. The standard InChI is InChI=1S/C17H17F3N2/c18-14-2-4-15(5-3-14)22-9-7-21(8-10-22)12-13-1-6-16(19)17(20)11-13/h1-6,11H,7-10,12H2. The maximum atomic E-state index is 13.2. The van der Waals surface area contributed by atoms with E-state index in [0.29, 0.717) is 6.54 Å². The van der Waals surface area contributed by atoms with E-state index in [2.05, 4.69) is 9.80 Å². The van der Waals surface area contributed by atoms with Crippen molar-refractivity contribution in [3.8, 4) is 0 Å². The molecule has 5 heteroatoms. The van der Waals surface area contributed by atoms with Crippen molar-refractivity contribution >= 4 is 5.69 Å². The van der Waals surface area contributed by atoms with Gasteiger partial charge in [-0.2, -0.15) is 0 Å². The quantitative estimate of drug-likeness (QED) is 0.857. The first-order valence-corrected chi connectivity index (χ1v) is 7.28. The van der Waals surface area contributed by atoms with Crippen molar-refractivity contribution in [2.75, 3.05) is 31.1 Å². The first kappa shape index (κ1) is 14.9. The summed E-state index contributed by atoms with van der Waals surface area (Å²) in [7, 11) is 0. The fourth-order valence-electron chi connectivity index (χ4n) is 2.71. The number of hydrogen-bond acceptors (Lipinski definition) is 2. The molecular formula is C17H17F3N2. The van der Waals surface area contributed by atoms with Crippen molar-refractivity contribution < 1.29 is 13.2 Å². The zero-order chi connectivity index (χ0) is 15.5. The lowest BCUT2D eigenvalue weighted by Gasteiger charge is -2.36. The molecule has 0 saturated carbocycles. The fourth-order valence-corrected chi connectivity index (χ4v) is 2.71. The third-order valence-electron chi connectivity index (χ3n) is 3.95. The number of hydrogen-bond donors (Lipinski definition) is 0. The highest BCUT2D eigenvalue weighted by molar-refractivity contribution is 5.46. The molecule has 0 unspecified atom stereocenters. The van der Waals surface area contributed by atoms with Crippen LogP contribution in [0.5, 0.6) is 0 Å². The number of nitrogens with zero attached hydrogens (tertiary/aromatic N) is 2. The summed E-state index contributed by atoms with van der Waals surface area (Å²) >= 11 is 0. The van der Waals surface area contributed by atoms with Crippen LogP contribution >= 0.6 is 0 Å². The predicted molar refractivity (Wildman–Crippen MR) is 80.2 cm³/mol. The van der Waals surface area contributed by atoms with Gasteiger partial charge in [0.2, 0.25) is 0 Å². The summed E-state index contributed by atoms with van der Waals surface area (Å²) < 4.78 is 39.1. The van der Waals surface area contributed by atoms with E-state index in [0.717, 1.165) is 37.4 Å². The lowest BCUT2D eigenvalue weighted by molar-refractivity contribution is 0.249. The van der Waals surface area contributed by atoms with Crippen LogP contribution in [0.2, 0.25) is 0 Å². The Morgan fingerprint density at radius 3 is 2.09 bits per heavy atom. The summed E-state index contributed by atoms with van der Waals surface area (Å²) in [6.45, 7) is 3.92. The van der Waals surface area contributed by atoms with Gasteiger partial charge in [0.05, 0.1) is 0 Å². The Kier molecular flexibility index (Phi) is 4.34. The largest absolute Gasteiger partial charge is 0.369 e. The Morgan fingerprint density at radius 2 is 1.45 bits per heavy atom. The molecule has 0 bridgehead atoms. The molecule has 1 aliphatic rings. The van der Waals surface area contributed by atoms with Crippen molar-refractivity contribution in [1.29, 1.82) is 0 Å². The third kappa shape index (κ3) is 3.42. The van der Waals surface area contributed by atoms with Crippen molar-refractivity contribution in [3.05, 3.63) is 65.5 Å². The van der Waals surface area contributed by atoms with Crippen LogP contribution in [0.4, 0.5) is 18.9 Å². The van der Waals surface area contributed by atoms with Crippen molar-refractivity contribution in [3.63, 3.8) is 0 Å². The summed E-state index contributed by atoms with van der Waals surface area (Å²) in [6.07, 6.45) is 0. The first-order valence-electron chi connectivity index (χ1n) is 7.28. The molecule has 2 nitrogen and oxygen atoms in total. The van der Waals surface area contributed by atoms with Crippen LogP contribution in [0, 0.1) is 17.5 Å². The second kappa shape index (κ2) is 6.40. The van der Waals surface area contributed by atoms with Crippen molar-refractivity contribution in [1.82, 2.24) is 4.90 Å². The molecular weight excluding hydrogens is 289 g/mol. The smallest absolute Gasteiger partial charge is 0.159 e. The molecule has 0 spiro atoms. The monoisotopic (exact) mass is 306 g/mol. The number of rotatable bonds is 3. The van der Waals surface area contributed by atoms with Gasteiger partial charge in [0.15, 0.2) is 11.6 Å². The Labute approximate surface area is 127 Å². The van der Waals surface area contributed by atoms with Gasteiger partial charge in [0.25, 0.3) is 0 Å². The minimum Gasteiger partial charge on any atom is -0.369 e. The van der Waals surface area contributed by atoms with Gasteiger partial charge >= 0.3 is 0 Å². The summed E-state index contributed by atoms with van der Waals surface area (Å²) in [5.74, 6) is -1.85. The van der Waals surface area contributed by atoms with Crippen LogP contribution in [-0.2, 0) is 6.54 Å². The van der Waals surface area contributed by atoms with E-state index in [1.165, 1.54) is 24.3 Å². The average Bonchev–Trinajstić information content (AvgIpc) is 2.53. The molecule has 2 aromatic rings. The molecule has 0 N–H and O–H groups in total. The molecule has 1 fully saturated rings. The van der Waals surface area contributed by atoms with E-state index in [1.54, 1.807) is 18.2 Å². The van der Waals surface area contributed by atoms with E-state index in [1.807, 2.05) is 0 Å². The van der Waals surface area contributed by atoms with Crippen molar-refractivity contribution in [2.24, 2.45) is 0 Å². The van der Waals surface area contributed by atoms with Crippen LogP contribution < -0.4 is 4.90 Å². The zero-order valence-corrected chi connectivity index (χ0v) is 12.1. The molecule has 1 heterocycles. The van der Waals surface area contributed by atoms with E-state index in [4.69, 9.17) is 0 Å². The van der Waals surface area contributed by atoms with Gasteiger partial charge in [-0.3, -0.25) is 4.90 Å². The van der Waals surface area contributed by atoms with Gasteiger partial charge in [-0.25, -0.2) is 13.2 Å². The Balaban J connectivity index is 1.57. The number of anilines is 1. The maximum absolute atomic E-state index is 13.2. The van der Waals surface area contributed by atoms with Crippen molar-refractivity contribution in [2.45, 2.75) is 6.54 Å². The van der Waals surface area contributed by atoms with Crippen LogP contribution in [0.25, 0.3) is 0 Å². The molecule has 22 heavy (non-hydrogen) atoms. The van der Waals surface area contributed by atoms with Crippen LogP contribution in [0.15, 0.2) is 42.5 Å². The predicted octanol–water partition coefficient (Wildman–Crippen LogP) is 3.43. The number of benzene rings is 2. The maximum Gasteiger partial charge on any atom is 0.159 e. The molecule has 1 saturated heterocycles. The Hall–Kier alpha value is -2.01. The molecule has 0 amide bonds.